The fraction of sp³-hybridized carbons (Fsp3) is 0.188. The zero-order chi connectivity index (χ0) is 17.4. The average Bonchev–Trinajstić information content (AvgIpc) is 3.09. The van der Waals surface area contributed by atoms with E-state index in [9.17, 15) is 9.59 Å². The van der Waals surface area contributed by atoms with E-state index >= 15 is 0 Å². The molecule has 0 saturated carbocycles. The third-order valence-corrected chi connectivity index (χ3v) is 3.26. The van der Waals surface area contributed by atoms with Crippen molar-refractivity contribution in [3.05, 3.63) is 59.0 Å². The predicted molar refractivity (Wildman–Crippen MR) is 86.9 cm³/mol. The average molecular weight is 347 g/mol. The van der Waals surface area contributed by atoms with E-state index in [1.165, 1.54) is 6.26 Å². The van der Waals surface area contributed by atoms with Crippen molar-refractivity contribution in [3.8, 4) is 6.07 Å². The van der Waals surface area contributed by atoms with E-state index in [2.05, 4.69) is 16.0 Å². The summed E-state index contributed by atoms with van der Waals surface area (Å²) in [5.74, 6) is 0.106. The lowest BCUT2D eigenvalue weighted by molar-refractivity contribution is -0.120. The van der Waals surface area contributed by atoms with E-state index in [1.807, 2.05) is 6.07 Å². The predicted octanol–water partition coefficient (Wildman–Crippen LogP) is 2.11. The van der Waals surface area contributed by atoms with Gasteiger partial charge in [-0.2, -0.15) is 5.26 Å². The van der Waals surface area contributed by atoms with E-state index < -0.39 is 18.0 Å². The van der Waals surface area contributed by atoms with Crippen LogP contribution in [0.3, 0.4) is 0 Å². The van der Waals surface area contributed by atoms with Crippen molar-refractivity contribution >= 4 is 23.5 Å². The van der Waals surface area contributed by atoms with Crippen molar-refractivity contribution in [1.29, 1.82) is 5.26 Å². The number of hydrogen-bond donors (Lipinski definition) is 3. The molecule has 1 heterocycles. The smallest absolute Gasteiger partial charge is 0.315 e. The first-order valence-corrected chi connectivity index (χ1v) is 7.45. The Morgan fingerprint density at radius 1 is 1.25 bits per heavy atom. The van der Waals surface area contributed by atoms with Crippen LogP contribution < -0.4 is 16.0 Å². The summed E-state index contributed by atoms with van der Waals surface area (Å²) in [5, 5.41) is 17.1. The standard InChI is InChI=1S/C16H15ClN4O3/c17-12-4-1-3-11(7-12)14(8-18)21-15(22)10-20-16(23)19-9-13-5-2-6-24-13/h1-7,14H,9-10H2,(H,21,22)(H2,19,20,23)/t14-/m0/s1. The Kier molecular flexibility index (Phi) is 6.23. The number of carbonyl (C=O) groups is 2. The number of halogens is 1. The van der Waals surface area contributed by atoms with Gasteiger partial charge in [-0.25, -0.2) is 4.79 Å². The van der Waals surface area contributed by atoms with Gasteiger partial charge in [0.25, 0.3) is 0 Å². The molecule has 0 bridgehead atoms. The van der Waals surface area contributed by atoms with Crippen LogP contribution in [0.5, 0.6) is 0 Å². The third kappa shape index (κ3) is 5.34. The molecule has 0 aliphatic carbocycles. The Morgan fingerprint density at radius 3 is 2.75 bits per heavy atom. The SMILES string of the molecule is N#C[C@H](NC(=O)CNC(=O)NCc1ccco1)c1cccc(Cl)c1. The van der Waals surface area contributed by atoms with Crippen LogP contribution in [0.25, 0.3) is 0 Å². The quantitative estimate of drug-likeness (QED) is 0.744. The zero-order valence-electron chi connectivity index (χ0n) is 12.6. The van der Waals surface area contributed by atoms with E-state index in [-0.39, 0.29) is 13.1 Å². The summed E-state index contributed by atoms with van der Waals surface area (Å²) in [6.07, 6.45) is 1.50. The number of nitrogens with zero attached hydrogens (tertiary/aromatic N) is 1. The largest absolute Gasteiger partial charge is 0.467 e. The minimum Gasteiger partial charge on any atom is -0.467 e. The van der Waals surface area contributed by atoms with Crippen molar-refractivity contribution in [2.45, 2.75) is 12.6 Å². The first-order chi connectivity index (χ1) is 11.6. The van der Waals surface area contributed by atoms with Gasteiger partial charge in [-0.05, 0) is 29.8 Å². The summed E-state index contributed by atoms with van der Waals surface area (Å²) < 4.78 is 5.07. The minimum atomic E-state index is -0.843. The topological polar surface area (TPSA) is 107 Å². The maximum absolute atomic E-state index is 11.9. The number of rotatable bonds is 6. The van der Waals surface area contributed by atoms with E-state index in [4.69, 9.17) is 21.3 Å². The second kappa shape index (κ2) is 8.60. The molecule has 8 heteroatoms. The number of nitrogens with one attached hydrogen (secondary N) is 3. The van der Waals surface area contributed by atoms with Crippen LogP contribution in [0.1, 0.15) is 17.4 Å². The number of carbonyl (C=O) groups excluding carboxylic acids is 2. The number of urea groups is 1. The fourth-order valence-corrected chi connectivity index (χ4v) is 2.09. The Bertz CT molecular complexity index is 740. The van der Waals surface area contributed by atoms with Crippen molar-refractivity contribution in [1.82, 2.24) is 16.0 Å². The number of amides is 3. The van der Waals surface area contributed by atoms with Gasteiger partial charge in [0.05, 0.1) is 25.4 Å². The first-order valence-electron chi connectivity index (χ1n) is 7.07. The fourth-order valence-electron chi connectivity index (χ4n) is 1.89. The molecular formula is C16H15ClN4O3. The molecule has 3 N–H and O–H groups in total. The lowest BCUT2D eigenvalue weighted by atomic mass is 10.1. The van der Waals surface area contributed by atoms with Crippen LogP contribution in [-0.4, -0.2) is 18.5 Å². The molecule has 0 saturated heterocycles. The molecule has 3 amide bonds. The molecule has 0 spiro atoms. The monoisotopic (exact) mass is 346 g/mol. The van der Waals surface area contributed by atoms with Crippen LogP contribution in [0.15, 0.2) is 47.1 Å². The van der Waals surface area contributed by atoms with Crippen LogP contribution in [0.2, 0.25) is 5.02 Å². The highest BCUT2D eigenvalue weighted by molar-refractivity contribution is 6.30. The molecular weight excluding hydrogens is 332 g/mol. The second-order valence-electron chi connectivity index (χ2n) is 4.80. The molecule has 0 aliphatic rings. The van der Waals surface area contributed by atoms with Crippen molar-refractivity contribution in [3.63, 3.8) is 0 Å². The van der Waals surface area contributed by atoms with Crippen molar-refractivity contribution in [2.75, 3.05) is 6.54 Å². The molecule has 2 rings (SSSR count). The van der Waals surface area contributed by atoms with E-state index in [0.29, 0.717) is 16.3 Å². The lowest BCUT2D eigenvalue weighted by Crippen LogP contribution is -2.42. The Hall–Kier alpha value is -2.98. The van der Waals surface area contributed by atoms with Gasteiger partial charge in [0, 0.05) is 5.02 Å². The summed E-state index contributed by atoms with van der Waals surface area (Å²) in [6.45, 7) is -0.0491. The van der Waals surface area contributed by atoms with Gasteiger partial charge >= 0.3 is 6.03 Å². The van der Waals surface area contributed by atoms with Gasteiger partial charge in [-0.1, -0.05) is 23.7 Å². The van der Waals surface area contributed by atoms with Gasteiger partial charge in [0.15, 0.2) is 0 Å². The molecule has 1 aromatic heterocycles. The molecule has 0 radical (unpaired) electrons. The summed E-state index contributed by atoms with van der Waals surface area (Å²) in [5.41, 5.74) is 0.570. The first kappa shape index (κ1) is 17.4. The molecule has 7 nitrogen and oxygen atoms in total. The van der Waals surface area contributed by atoms with Gasteiger partial charge < -0.3 is 20.4 Å². The third-order valence-electron chi connectivity index (χ3n) is 3.03. The molecule has 24 heavy (non-hydrogen) atoms. The Balaban J connectivity index is 1.77. The maximum Gasteiger partial charge on any atom is 0.315 e. The second-order valence-corrected chi connectivity index (χ2v) is 5.24. The van der Waals surface area contributed by atoms with Gasteiger partial charge in [-0.3, -0.25) is 4.79 Å². The molecule has 0 aliphatic heterocycles. The van der Waals surface area contributed by atoms with Crippen LogP contribution in [0, 0.1) is 11.3 Å². The Morgan fingerprint density at radius 2 is 2.08 bits per heavy atom. The molecule has 0 unspecified atom stereocenters. The summed E-state index contributed by atoms with van der Waals surface area (Å²) in [7, 11) is 0. The number of hydrogen-bond acceptors (Lipinski definition) is 4. The normalized spacial score (nSPS) is 11.2. The van der Waals surface area contributed by atoms with Gasteiger partial charge in [0.1, 0.15) is 11.8 Å². The van der Waals surface area contributed by atoms with Crippen LogP contribution in [-0.2, 0) is 11.3 Å². The maximum atomic E-state index is 11.9. The summed E-state index contributed by atoms with van der Waals surface area (Å²) in [4.78, 5) is 23.4. The number of furan rings is 1. The minimum absolute atomic E-state index is 0.212. The summed E-state index contributed by atoms with van der Waals surface area (Å²) in [6, 6.07) is 10.7. The van der Waals surface area contributed by atoms with Crippen LogP contribution >= 0.6 is 11.6 Å². The molecule has 2 aromatic rings. The Labute approximate surface area is 143 Å². The molecule has 0 fully saturated rings. The number of nitriles is 1. The van der Waals surface area contributed by atoms with Crippen molar-refractivity contribution < 1.29 is 14.0 Å². The summed E-state index contributed by atoms with van der Waals surface area (Å²) >= 11 is 5.87. The van der Waals surface area contributed by atoms with E-state index in [0.717, 1.165) is 0 Å². The van der Waals surface area contributed by atoms with Gasteiger partial charge in [-0.15, -0.1) is 0 Å². The highest BCUT2D eigenvalue weighted by Gasteiger charge is 2.14. The van der Waals surface area contributed by atoms with Gasteiger partial charge in [0.2, 0.25) is 5.91 Å². The molecule has 1 aromatic carbocycles. The zero-order valence-corrected chi connectivity index (χ0v) is 13.3. The highest BCUT2D eigenvalue weighted by Crippen LogP contribution is 2.17. The number of benzene rings is 1. The molecule has 1 atom stereocenters. The lowest BCUT2D eigenvalue weighted by Gasteiger charge is -2.13. The molecule has 124 valence electrons. The van der Waals surface area contributed by atoms with Crippen molar-refractivity contribution in [2.24, 2.45) is 0 Å². The highest BCUT2D eigenvalue weighted by atomic mass is 35.5. The van der Waals surface area contributed by atoms with Crippen LogP contribution in [0.4, 0.5) is 4.79 Å². The van der Waals surface area contributed by atoms with E-state index in [1.54, 1.807) is 36.4 Å².